The van der Waals surface area contributed by atoms with Crippen molar-refractivity contribution in [3.05, 3.63) is 39.5 Å². The lowest BCUT2D eigenvalue weighted by Crippen LogP contribution is -1.95. The first-order valence-corrected chi connectivity index (χ1v) is 5.78. The van der Waals surface area contributed by atoms with Crippen molar-refractivity contribution in [2.75, 3.05) is 7.11 Å². The number of hydrogen-bond donors (Lipinski definition) is 0. The predicted octanol–water partition coefficient (Wildman–Crippen LogP) is 4.11. The molecule has 0 radical (unpaired) electrons. The predicted molar refractivity (Wildman–Crippen MR) is 69.1 cm³/mol. The summed E-state index contributed by atoms with van der Waals surface area (Å²) in [6.07, 6.45) is 0. The Balaban J connectivity index is 2.64. The number of halogens is 3. The van der Waals surface area contributed by atoms with Crippen molar-refractivity contribution in [1.29, 1.82) is 0 Å². The van der Waals surface area contributed by atoms with E-state index in [1.807, 2.05) is 0 Å². The maximum Gasteiger partial charge on any atom is 0.218 e. The molecule has 0 saturated carbocycles. The zero-order chi connectivity index (χ0) is 12.4. The van der Waals surface area contributed by atoms with Crippen molar-refractivity contribution < 1.29 is 4.74 Å². The molecule has 0 atom stereocenters. The van der Waals surface area contributed by atoms with Crippen LogP contribution in [0.15, 0.2) is 24.3 Å². The Hall–Kier alpha value is -1.03. The summed E-state index contributed by atoms with van der Waals surface area (Å²) in [6, 6.07) is 6.67. The SMILES string of the molecule is COc1cc(Cl)nc(-c2c(Cl)cccc2Cl)n1. The summed E-state index contributed by atoms with van der Waals surface area (Å²) in [5.74, 6) is 0.695. The van der Waals surface area contributed by atoms with E-state index in [2.05, 4.69) is 9.97 Å². The topological polar surface area (TPSA) is 35.0 Å². The Bertz CT molecular complexity index is 540. The summed E-state index contributed by atoms with van der Waals surface area (Å²) < 4.78 is 5.02. The van der Waals surface area contributed by atoms with Crippen LogP contribution < -0.4 is 4.74 Å². The third-order valence-electron chi connectivity index (χ3n) is 2.07. The molecule has 0 bridgehead atoms. The third-order valence-corrected chi connectivity index (χ3v) is 2.89. The largest absolute Gasteiger partial charge is 0.481 e. The first-order chi connectivity index (χ1) is 8.11. The molecule has 0 aliphatic heterocycles. The van der Waals surface area contributed by atoms with Gasteiger partial charge in [-0.2, -0.15) is 4.98 Å². The van der Waals surface area contributed by atoms with Crippen LogP contribution in [-0.2, 0) is 0 Å². The van der Waals surface area contributed by atoms with Crippen LogP contribution in [0.1, 0.15) is 0 Å². The summed E-state index contributed by atoms with van der Waals surface area (Å²) >= 11 is 18.0. The number of nitrogens with zero attached hydrogens (tertiary/aromatic N) is 2. The molecule has 1 heterocycles. The van der Waals surface area contributed by atoms with E-state index in [-0.39, 0.29) is 5.15 Å². The first kappa shape index (κ1) is 12.4. The number of hydrogen-bond acceptors (Lipinski definition) is 3. The molecule has 0 aliphatic carbocycles. The van der Waals surface area contributed by atoms with Gasteiger partial charge in [-0.15, -0.1) is 0 Å². The highest BCUT2D eigenvalue weighted by atomic mass is 35.5. The zero-order valence-corrected chi connectivity index (χ0v) is 11.0. The average molecular weight is 290 g/mol. The fourth-order valence-corrected chi connectivity index (χ4v) is 2.06. The number of ether oxygens (including phenoxy) is 1. The smallest absolute Gasteiger partial charge is 0.218 e. The van der Waals surface area contributed by atoms with Crippen LogP contribution in [0.5, 0.6) is 5.88 Å². The van der Waals surface area contributed by atoms with Crippen molar-refractivity contribution in [3.8, 4) is 17.3 Å². The lowest BCUT2D eigenvalue weighted by atomic mass is 10.2. The van der Waals surface area contributed by atoms with Gasteiger partial charge in [-0.05, 0) is 12.1 Å². The van der Waals surface area contributed by atoms with Gasteiger partial charge in [0.1, 0.15) is 5.15 Å². The van der Waals surface area contributed by atoms with E-state index in [0.29, 0.717) is 27.3 Å². The Kier molecular flexibility index (Phi) is 3.72. The second-order valence-corrected chi connectivity index (χ2v) is 4.35. The van der Waals surface area contributed by atoms with Gasteiger partial charge in [-0.3, -0.25) is 0 Å². The highest BCUT2D eigenvalue weighted by Gasteiger charge is 2.13. The molecule has 2 rings (SSSR count). The van der Waals surface area contributed by atoms with Gasteiger partial charge in [0, 0.05) is 6.07 Å². The molecule has 1 aromatic carbocycles. The van der Waals surface area contributed by atoms with E-state index in [0.717, 1.165) is 0 Å². The van der Waals surface area contributed by atoms with Crippen LogP contribution in [0, 0.1) is 0 Å². The van der Waals surface area contributed by atoms with Gasteiger partial charge in [-0.25, -0.2) is 4.98 Å². The van der Waals surface area contributed by atoms with Crippen molar-refractivity contribution in [3.63, 3.8) is 0 Å². The minimum Gasteiger partial charge on any atom is -0.481 e. The molecule has 6 heteroatoms. The molecule has 17 heavy (non-hydrogen) atoms. The summed E-state index contributed by atoms with van der Waals surface area (Å²) in [4.78, 5) is 8.24. The molecule has 88 valence electrons. The van der Waals surface area contributed by atoms with E-state index >= 15 is 0 Å². The van der Waals surface area contributed by atoms with E-state index in [9.17, 15) is 0 Å². The van der Waals surface area contributed by atoms with Gasteiger partial charge in [-0.1, -0.05) is 40.9 Å². The molecule has 0 spiro atoms. The van der Waals surface area contributed by atoms with E-state index in [4.69, 9.17) is 39.5 Å². The quantitative estimate of drug-likeness (QED) is 0.780. The van der Waals surface area contributed by atoms with Crippen LogP contribution in [-0.4, -0.2) is 17.1 Å². The molecule has 0 N–H and O–H groups in total. The Labute approximate surface area is 113 Å². The van der Waals surface area contributed by atoms with Crippen molar-refractivity contribution in [2.45, 2.75) is 0 Å². The molecule has 1 aromatic heterocycles. The zero-order valence-electron chi connectivity index (χ0n) is 8.75. The van der Waals surface area contributed by atoms with Crippen LogP contribution in [0.2, 0.25) is 15.2 Å². The summed E-state index contributed by atoms with van der Waals surface area (Å²) in [6.45, 7) is 0. The van der Waals surface area contributed by atoms with Crippen LogP contribution >= 0.6 is 34.8 Å². The first-order valence-electron chi connectivity index (χ1n) is 4.65. The van der Waals surface area contributed by atoms with Crippen molar-refractivity contribution in [1.82, 2.24) is 9.97 Å². The molecule has 0 aliphatic rings. The lowest BCUT2D eigenvalue weighted by molar-refractivity contribution is 0.397. The fraction of sp³-hybridized carbons (Fsp3) is 0.0909. The van der Waals surface area contributed by atoms with Gasteiger partial charge >= 0.3 is 0 Å². The Morgan fingerprint density at radius 1 is 1.06 bits per heavy atom. The highest BCUT2D eigenvalue weighted by Crippen LogP contribution is 2.33. The van der Waals surface area contributed by atoms with Gasteiger partial charge < -0.3 is 4.74 Å². The minimum atomic E-state index is 0.267. The number of aromatic nitrogens is 2. The molecule has 0 saturated heterocycles. The Morgan fingerprint density at radius 2 is 1.71 bits per heavy atom. The summed E-state index contributed by atoms with van der Waals surface area (Å²) in [7, 11) is 1.50. The van der Waals surface area contributed by atoms with Gasteiger partial charge in [0.2, 0.25) is 5.88 Å². The van der Waals surface area contributed by atoms with Crippen LogP contribution in [0.4, 0.5) is 0 Å². The molecule has 0 amide bonds. The lowest BCUT2D eigenvalue weighted by Gasteiger charge is -2.07. The molecular formula is C11H7Cl3N2O. The average Bonchev–Trinajstić information content (AvgIpc) is 2.28. The Morgan fingerprint density at radius 3 is 2.29 bits per heavy atom. The second kappa shape index (κ2) is 5.08. The third kappa shape index (κ3) is 2.63. The fourth-order valence-electron chi connectivity index (χ4n) is 1.32. The molecule has 0 unspecified atom stereocenters. The second-order valence-electron chi connectivity index (χ2n) is 3.15. The van der Waals surface area contributed by atoms with Crippen LogP contribution in [0.25, 0.3) is 11.4 Å². The molecular weight excluding hydrogens is 282 g/mol. The monoisotopic (exact) mass is 288 g/mol. The standard InChI is InChI=1S/C11H7Cl3N2O/c1-17-9-5-8(14)15-11(16-9)10-6(12)3-2-4-7(10)13/h2-5H,1H3. The molecule has 2 aromatic rings. The van der Waals surface area contributed by atoms with E-state index in [1.54, 1.807) is 18.2 Å². The van der Waals surface area contributed by atoms with E-state index < -0.39 is 0 Å². The van der Waals surface area contributed by atoms with Crippen molar-refractivity contribution in [2.24, 2.45) is 0 Å². The van der Waals surface area contributed by atoms with Crippen molar-refractivity contribution >= 4 is 34.8 Å². The summed E-state index contributed by atoms with van der Waals surface area (Å²) in [5.41, 5.74) is 0.539. The highest BCUT2D eigenvalue weighted by molar-refractivity contribution is 6.39. The number of benzene rings is 1. The summed E-state index contributed by atoms with van der Waals surface area (Å²) in [5, 5.41) is 1.19. The molecule has 0 fully saturated rings. The number of methoxy groups -OCH3 is 1. The van der Waals surface area contributed by atoms with Crippen LogP contribution in [0.3, 0.4) is 0 Å². The maximum absolute atomic E-state index is 6.06. The van der Waals surface area contributed by atoms with Gasteiger partial charge in [0.05, 0.1) is 22.7 Å². The number of rotatable bonds is 2. The van der Waals surface area contributed by atoms with Gasteiger partial charge in [0.25, 0.3) is 0 Å². The normalized spacial score (nSPS) is 10.4. The van der Waals surface area contributed by atoms with E-state index in [1.165, 1.54) is 13.2 Å². The van der Waals surface area contributed by atoms with Gasteiger partial charge in [0.15, 0.2) is 5.82 Å². The maximum atomic E-state index is 6.06. The molecule has 3 nitrogen and oxygen atoms in total. The minimum absolute atomic E-state index is 0.267.